The molecular formula is C16H20N2O5. The third-order valence-corrected chi connectivity index (χ3v) is 3.94. The molecule has 0 bridgehead atoms. The van der Waals surface area contributed by atoms with Gasteiger partial charge >= 0.3 is 6.09 Å². The zero-order chi connectivity index (χ0) is 16.2. The maximum absolute atomic E-state index is 12.2. The number of nitrogens with one attached hydrogen (secondary N) is 2. The van der Waals surface area contributed by atoms with Gasteiger partial charge in [0.2, 0.25) is 0 Å². The van der Waals surface area contributed by atoms with Gasteiger partial charge in [0.25, 0.3) is 5.91 Å². The Balaban J connectivity index is 1.57. The Kier molecular flexibility index (Phi) is 4.78. The molecule has 3 rings (SSSR count). The Morgan fingerprint density at radius 3 is 2.65 bits per heavy atom. The molecule has 0 spiro atoms. The molecule has 4 unspecified atom stereocenters. The molecule has 2 saturated heterocycles. The van der Waals surface area contributed by atoms with E-state index in [0.717, 1.165) is 0 Å². The molecule has 0 aliphatic carbocycles. The number of carbonyl (C=O) groups excluding carboxylic acids is 2. The maximum Gasteiger partial charge on any atom is 0.407 e. The lowest BCUT2D eigenvalue weighted by molar-refractivity contribution is 0.00408. The molecule has 124 valence electrons. The highest BCUT2D eigenvalue weighted by atomic mass is 16.6. The molecular weight excluding hydrogens is 300 g/mol. The molecule has 0 aromatic heterocycles. The summed E-state index contributed by atoms with van der Waals surface area (Å²) in [6, 6.07) is 8.72. The van der Waals surface area contributed by atoms with Crippen LogP contribution in [0.4, 0.5) is 4.79 Å². The molecule has 7 nitrogen and oxygen atoms in total. The molecule has 2 heterocycles. The largest absolute Gasteiger partial charge is 0.441 e. The minimum atomic E-state index is -0.484. The number of carbonyl (C=O) groups is 2. The van der Waals surface area contributed by atoms with Crippen LogP contribution in [0.5, 0.6) is 0 Å². The molecule has 23 heavy (non-hydrogen) atoms. The number of amides is 2. The van der Waals surface area contributed by atoms with Crippen LogP contribution in [0.3, 0.4) is 0 Å². The standard InChI is InChI=1S/C16H20N2O5/c1-2-17-16(20)23-12-9-22-13-11(8-21-14(12)13)18-15(19)10-6-4-3-5-7-10/h3-7,11-14H,2,8-9H2,1H3,(H,17,20)(H,18,19). The van der Waals surface area contributed by atoms with Crippen molar-refractivity contribution in [1.29, 1.82) is 0 Å². The number of fused-ring (bicyclic) bond motifs is 1. The number of hydrogen-bond donors (Lipinski definition) is 2. The summed E-state index contributed by atoms with van der Waals surface area (Å²) in [6.45, 7) is 2.92. The van der Waals surface area contributed by atoms with Crippen molar-refractivity contribution in [3.05, 3.63) is 35.9 Å². The Labute approximate surface area is 134 Å². The van der Waals surface area contributed by atoms with Gasteiger partial charge in [-0.3, -0.25) is 4.79 Å². The first-order valence-electron chi connectivity index (χ1n) is 7.72. The van der Waals surface area contributed by atoms with Gasteiger partial charge in [-0.05, 0) is 19.1 Å². The molecule has 2 amide bonds. The van der Waals surface area contributed by atoms with Gasteiger partial charge in [0, 0.05) is 12.1 Å². The van der Waals surface area contributed by atoms with E-state index in [2.05, 4.69) is 10.6 Å². The second-order valence-corrected chi connectivity index (χ2v) is 5.52. The maximum atomic E-state index is 12.2. The van der Waals surface area contributed by atoms with Crippen molar-refractivity contribution in [2.24, 2.45) is 0 Å². The van der Waals surface area contributed by atoms with Gasteiger partial charge in [0.05, 0.1) is 19.3 Å². The predicted molar refractivity (Wildman–Crippen MR) is 81.1 cm³/mol. The normalized spacial score (nSPS) is 28.9. The van der Waals surface area contributed by atoms with Gasteiger partial charge in [-0.15, -0.1) is 0 Å². The van der Waals surface area contributed by atoms with Crippen molar-refractivity contribution in [3.8, 4) is 0 Å². The Hall–Kier alpha value is -2.12. The summed E-state index contributed by atoms with van der Waals surface area (Å²) in [5, 5.41) is 5.50. The van der Waals surface area contributed by atoms with Crippen LogP contribution in [0, 0.1) is 0 Å². The Morgan fingerprint density at radius 2 is 1.91 bits per heavy atom. The van der Waals surface area contributed by atoms with Crippen LogP contribution in [0.1, 0.15) is 17.3 Å². The van der Waals surface area contributed by atoms with Gasteiger partial charge in [-0.2, -0.15) is 0 Å². The lowest BCUT2D eigenvalue weighted by atomic mass is 10.1. The van der Waals surface area contributed by atoms with Crippen LogP contribution in [0.25, 0.3) is 0 Å². The Morgan fingerprint density at radius 1 is 1.17 bits per heavy atom. The first-order chi connectivity index (χ1) is 11.2. The van der Waals surface area contributed by atoms with Gasteiger partial charge in [0.15, 0.2) is 6.10 Å². The summed E-state index contributed by atoms with van der Waals surface area (Å²) in [6.07, 6.45) is -1.59. The van der Waals surface area contributed by atoms with E-state index in [9.17, 15) is 9.59 Å². The summed E-state index contributed by atoms with van der Waals surface area (Å²) in [7, 11) is 0. The molecule has 2 N–H and O–H groups in total. The first kappa shape index (κ1) is 15.8. The van der Waals surface area contributed by atoms with Crippen LogP contribution in [-0.2, 0) is 14.2 Å². The van der Waals surface area contributed by atoms with E-state index in [1.807, 2.05) is 25.1 Å². The second kappa shape index (κ2) is 6.97. The van der Waals surface area contributed by atoms with E-state index < -0.39 is 12.2 Å². The molecule has 7 heteroatoms. The fourth-order valence-corrected chi connectivity index (χ4v) is 2.85. The molecule has 2 aliphatic rings. The number of rotatable bonds is 4. The molecule has 4 atom stereocenters. The van der Waals surface area contributed by atoms with Gasteiger partial charge in [-0.25, -0.2) is 4.79 Å². The fraction of sp³-hybridized carbons (Fsp3) is 0.500. The summed E-state index contributed by atoms with van der Waals surface area (Å²) >= 11 is 0. The smallest absolute Gasteiger partial charge is 0.407 e. The lowest BCUT2D eigenvalue weighted by Gasteiger charge is -2.18. The molecule has 1 aromatic rings. The fourth-order valence-electron chi connectivity index (χ4n) is 2.85. The van der Waals surface area contributed by atoms with Crippen molar-refractivity contribution < 1.29 is 23.8 Å². The van der Waals surface area contributed by atoms with Crippen LogP contribution in [0.15, 0.2) is 30.3 Å². The van der Waals surface area contributed by atoms with E-state index in [0.29, 0.717) is 18.7 Å². The van der Waals surface area contributed by atoms with Gasteiger partial charge < -0.3 is 24.8 Å². The van der Waals surface area contributed by atoms with E-state index in [-0.39, 0.29) is 30.8 Å². The molecule has 2 fully saturated rings. The lowest BCUT2D eigenvalue weighted by Crippen LogP contribution is -2.44. The average Bonchev–Trinajstić information content (AvgIpc) is 3.12. The highest BCUT2D eigenvalue weighted by Crippen LogP contribution is 2.29. The monoisotopic (exact) mass is 320 g/mol. The molecule has 0 radical (unpaired) electrons. The van der Waals surface area contributed by atoms with Gasteiger partial charge in [0.1, 0.15) is 12.2 Å². The number of hydrogen-bond acceptors (Lipinski definition) is 5. The summed E-state index contributed by atoms with van der Waals surface area (Å²) < 4.78 is 16.6. The summed E-state index contributed by atoms with van der Waals surface area (Å²) in [5.41, 5.74) is 0.587. The molecule has 0 saturated carbocycles. The minimum Gasteiger partial charge on any atom is -0.441 e. The molecule has 1 aromatic carbocycles. The van der Waals surface area contributed by atoms with Crippen LogP contribution < -0.4 is 10.6 Å². The highest BCUT2D eigenvalue weighted by Gasteiger charge is 2.49. The summed E-state index contributed by atoms with van der Waals surface area (Å²) in [4.78, 5) is 23.7. The van der Waals surface area contributed by atoms with Gasteiger partial charge in [-0.1, -0.05) is 18.2 Å². The second-order valence-electron chi connectivity index (χ2n) is 5.52. The minimum absolute atomic E-state index is 0.170. The number of benzene rings is 1. The first-order valence-corrected chi connectivity index (χ1v) is 7.72. The third kappa shape index (κ3) is 3.46. The SMILES string of the molecule is CCNC(=O)OC1COC2C(NC(=O)c3ccccc3)COC12. The average molecular weight is 320 g/mol. The zero-order valence-electron chi connectivity index (χ0n) is 12.9. The van der Waals surface area contributed by atoms with Crippen molar-refractivity contribution in [3.63, 3.8) is 0 Å². The van der Waals surface area contributed by atoms with E-state index in [1.54, 1.807) is 12.1 Å². The van der Waals surface area contributed by atoms with Crippen LogP contribution in [0.2, 0.25) is 0 Å². The third-order valence-electron chi connectivity index (χ3n) is 3.94. The molecule has 2 aliphatic heterocycles. The van der Waals surface area contributed by atoms with Crippen molar-refractivity contribution >= 4 is 12.0 Å². The Bertz CT molecular complexity index is 565. The predicted octanol–water partition coefficient (Wildman–Crippen LogP) is 0.697. The van der Waals surface area contributed by atoms with E-state index in [4.69, 9.17) is 14.2 Å². The van der Waals surface area contributed by atoms with Crippen molar-refractivity contribution in [2.75, 3.05) is 19.8 Å². The van der Waals surface area contributed by atoms with Crippen molar-refractivity contribution in [1.82, 2.24) is 10.6 Å². The van der Waals surface area contributed by atoms with Crippen molar-refractivity contribution in [2.45, 2.75) is 31.3 Å². The van der Waals surface area contributed by atoms with Crippen LogP contribution >= 0.6 is 0 Å². The topological polar surface area (TPSA) is 85.9 Å². The zero-order valence-corrected chi connectivity index (χ0v) is 12.9. The number of alkyl carbamates (subject to hydrolysis) is 1. The van der Waals surface area contributed by atoms with E-state index >= 15 is 0 Å². The summed E-state index contributed by atoms with van der Waals surface area (Å²) in [5.74, 6) is -0.170. The quantitative estimate of drug-likeness (QED) is 0.853. The highest BCUT2D eigenvalue weighted by molar-refractivity contribution is 5.94. The van der Waals surface area contributed by atoms with Crippen LogP contribution in [-0.4, -0.2) is 56.1 Å². The number of ether oxygens (including phenoxy) is 3. The van der Waals surface area contributed by atoms with E-state index in [1.165, 1.54) is 0 Å².